The van der Waals surface area contributed by atoms with Crippen LogP contribution in [-0.4, -0.2) is 65.1 Å². The van der Waals surface area contributed by atoms with Gasteiger partial charge in [0.2, 0.25) is 10.0 Å². The molecule has 2 aliphatic rings. The number of anilines is 2. The second kappa shape index (κ2) is 9.25. The van der Waals surface area contributed by atoms with Crippen molar-refractivity contribution in [2.24, 2.45) is 0 Å². The zero-order valence-corrected chi connectivity index (χ0v) is 18.4. The maximum absolute atomic E-state index is 13.0. The number of methoxy groups -OCH3 is 1. The van der Waals surface area contributed by atoms with E-state index in [-0.39, 0.29) is 10.5 Å². The third-order valence-corrected chi connectivity index (χ3v) is 7.51. The van der Waals surface area contributed by atoms with Gasteiger partial charge >= 0.3 is 0 Å². The predicted molar refractivity (Wildman–Crippen MR) is 118 cm³/mol. The van der Waals surface area contributed by atoms with Crippen molar-refractivity contribution in [3.63, 3.8) is 0 Å². The van der Waals surface area contributed by atoms with E-state index in [0.717, 1.165) is 18.8 Å². The van der Waals surface area contributed by atoms with Crippen LogP contribution >= 0.6 is 0 Å². The second-order valence-electron chi connectivity index (χ2n) is 7.57. The van der Waals surface area contributed by atoms with Crippen molar-refractivity contribution in [2.45, 2.75) is 17.7 Å². The van der Waals surface area contributed by atoms with Crippen molar-refractivity contribution in [3.05, 3.63) is 48.0 Å². The lowest BCUT2D eigenvalue weighted by atomic mass is 10.1. The van der Waals surface area contributed by atoms with Gasteiger partial charge < -0.3 is 19.7 Å². The Morgan fingerprint density at radius 2 is 1.68 bits per heavy atom. The first kappa shape index (κ1) is 21.6. The van der Waals surface area contributed by atoms with Crippen molar-refractivity contribution < 1.29 is 22.7 Å². The molecular formula is C22H27N3O5S. The Balaban J connectivity index is 1.54. The van der Waals surface area contributed by atoms with E-state index in [1.54, 1.807) is 0 Å². The zero-order valence-electron chi connectivity index (χ0n) is 17.5. The molecular weight excluding hydrogens is 418 g/mol. The minimum absolute atomic E-state index is 0.0599. The summed E-state index contributed by atoms with van der Waals surface area (Å²) < 4.78 is 37.9. The van der Waals surface area contributed by atoms with Gasteiger partial charge in [0.1, 0.15) is 5.75 Å². The highest BCUT2D eigenvalue weighted by Crippen LogP contribution is 2.27. The molecule has 2 saturated heterocycles. The van der Waals surface area contributed by atoms with Crippen molar-refractivity contribution in [1.82, 2.24) is 4.31 Å². The smallest absolute Gasteiger partial charge is 0.259 e. The van der Waals surface area contributed by atoms with Gasteiger partial charge in [-0.1, -0.05) is 0 Å². The Labute approximate surface area is 182 Å². The van der Waals surface area contributed by atoms with E-state index in [9.17, 15) is 13.2 Å². The minimum Gasteiger partial charge on any atom is -0.496 e. The number of benzene rings is 2. The Kier molecular flexibility index (Phi) is 6.45. The molecule has 9 heteroatoms. The Bertz CT molecular complexity index is 1030. The standard InChI is InChI=1S/C22H27N3O5S/c1-29-21-9-8-19(31(27,28)25-12-14-30-15-13-25)16-20(21)22(26)23-17-4-6-18(7-5-17)24-10-2-3-11-24/h4-9,16H,2-3,10-15H2,1H3,(H,23,26). The van der Waals surface area contributed by atoms with Gasteiger partial charge in [0.05, 0.1) is 30.8 Å². The van der Waals surface area contributed by atoms with E-state index in [1.165, 1.54) is 42.5 Å². The van der Waals surface area contributed by atoms with Gasteiger partial charge in [-0.05, 0) is 55.3 Å². The SMILES string of the molecule is COc1ccc(S(=O)(=O)N2CCOCC2)cc1C(=O)Nc1ccc(N2CCCC2)cc1. The number of carbonyl (C=O) groups excluding carboxylic acids is 1. The fourth-order valence-electron chi connectivity index (χ4n) is 3.89. The van der Waals surface area contributed by atoms with Crippen LogP contribution in [0.15, 0.2) is 47.4 Å². The lowest BCUT2D eigenvalue weighted by molar-refractivity contribution is 0.0730. The quantitative estimate of drug-likeness (QED) is 0.735. The first-order valence-electron chi connectivity index (χ1n) is 10.4. The molecule has 2 fully saturated rings. The summed E-state index contributed by atoms with van der Waals surface area (Å²) in [5.74, 6) is -0.114. The van der Waals surface area contributed by atoms with Crippen LogP contribution in [0.2, 0.25) is 0 Å². The van der Waals surface area contributed by atoms with E-state index in [0.29, 0.717) is 37.7 Å². The molecule has 2 heterocycles. The van der Waals surface area contributed by atoms with Crippen LogP contribution in [0.25, 0.3) is 0 Å². The molecule has 1 N–H and O–H groups in total. The average molecular weight is 446 g/mol. The van der Waals surface area contributed by atoms with Crippen LogP contribution in [0, 0.1) is 0 Å². The molecule has 0 aromatic heterocycles. The summed E-state index contributed by atoms with van der Waals surface area (Å²) >= 11 is 0. The number of carbonyl (C=O) groups is 1. The molecule has 1 amide bonds. The minimum atomic E-state index is -3.72. The molecule has 0 aliphatic carbocycles. The number of hydrogen-bond donors (Lipinski definition) is 1. The summed E-state index contributed by atoms with van der Waals surface area (Å²) in [7, 11) is -2.27. The number of nitrogens with one attached hydrogen (secondary N) is 1. The van der Waals surface area contributed by atoms with E-state index >= 15 is 0 Å². The maximum Gasteiger partial charge on any atom is 0.259 e. The molecule has 0 atom stereocenters. The van der Waals surface area contributed by atoms with Crippen LogP contribution in [0.1, 0.15) is 23.2 Å². The molecule has 2 aromatic rings. The van der Waals surface area contributed by atoms with Crippen LogP contribution < -0.4 is 15.0 Å². The number of rotatable bonds is 6. The van der Waals surface area contributed by atoms with E-state index < -0.39 is 15.9 Å². The fraction of sp³-hybridized carbons (Fsp3) is 0.409. The number of sulfonamides is 1. The Hall–Kier alpha value is -2.62. The topological polar surface area (TPSA) is 88.2 Å². The van der Waals surface area contributed by atoms with Gasteiger partial charge in [0.15, 0.2) is 0 Å². The monoisotopic (exact) mass is 445 g/mol. The van der Waals surface area contributed by atoms with Crippen molar-refractivity contribution in [1.29, 1.82) is 0 Å². The van der Waals surface area contributed by atoms with Crippen molar-refractivity contribution in [3.8, 4) is 5.75 Å². The van der Waals surface area contributed by atoms with Crippen molar-refractivity contribution in [2.75, 3.05) is 56.7 Å². The number of morpholine rings is 1. The van der Waals surface area contributed by atoms with Gasteiger partial charge in [-0.25, -0.2) is 8.42 Å². The number of amides is 1. The van der Waals surface area contributed by atoms with Gasteiger partial charge in [-0.2, -0.15) is 4.31 Å². The molecule has 31 heavy (non-hydrogen) atoms. The second-order valence-corrected chi connectivity index (χ2v) is 9.51. The highest BCUT2D eigenvalue weighted by Gasteiger charge is 2.28. The van der Waals surface area contributed by atoms with E-state index in [2.05, 4.69) is 10.2 Å². The third-order valence-electron chi connectivity index (χ3n) is 5.62. The molecule has 166 valence electrons. The van der Waals surface area contributed by atoms with Gasteiger partial charge in [-0.15, -0.1) is 0 Å². The molecule has 4 rings (SSSR count). The van der Waals surface area contributed by atoms with Gasteiger partial charge in [-0.3, -0.25) is 4.79 Å². The largest absolute Gasteiger partial charge is 0.496 e. The summed E-state index contributed by atoms with van der Waals surface area (Å²) in [6, 6.07) is 12.0. The summed E-state index contributed by atoms with van der Waals surface area (Å²) in [6.07, 6.45) is 2.39. The lowest BCUT2D eigenvalue weighted by Gasteiger charge is -2.26. The third kappa shape index (κ3) is 4.68. The molecule has 2 aromatic carbocycles. The lowest BCUT2D eigenvalue weighted by Crippen LogP contribution is -2.40. The summed E-state index contributed by atoms with van der Waals surface area (Å²) in [5, 5.41) is 2.84. The average Bonchev–Trinajstić information content (AvgIpc) is 3.34. The maximum atomic E-state index is 13.0. The molecule has 0 unspecified atom stereocenters. The molecule has 0 saturated carbocycles. The van der Waals surface area contributed by atoms with E-state index in [1.807, 2.05) is 24.3 Å². The molecule has 8 nitrogen and oxygen atoms in total. The van der Waals surface area contributed by atoms with Crippen LogP contribution in [0.4, 0.5) is 11.4 Å². The predicted octanol–water partition coefficient (Wildman–Crippen LogP) is 2.57. The molecule has 0 bridgehead atoms. The summed E-state index contributed by atoms with van der Waals surface area (Å²) in [6.45, 7) is 3.39. The Morgan fingerprint density at radius 3 is 2.32 bits per heavy atom. The number of ether oxygens (including phenoxy) is 2. The Morgan fingerprint density at radius 1 is 1.00 bits per heavy atom. The van der Waals surface area contributed by atoms with Crippen LogP contribution in [0.5, 0.6) is 5.75 Å². The van der Waals surface area contributed by atoms with Crippen LogP contribution in [-0.2, 0) is 14.8 Å². The number of nitrogens with zero attached hydrogens (tertiary/aromatic N) is 2. The fourth-order valence-corrected chi connectivity index (χ4v) is 5.33. The summed E-state index contributed by atoms with van der Waals surface area (Å²) in [5.41, 5.74) is 1.93. The van der Waals surface area contributed by atoms with Crippen LogP contribution in [0.3, 0.4) is 0 Å². The molecule has 2 aliphatic heterocycles. The highest BCUT2D eigenvalue weighted by atomic mass is 32.2. The summed E-state index contributed by atoms with van der Waals surface area (Å²) in [4.78, 5) is 15.3. The first-order valence-corrected chi connectivity index (χ1v) is 11.9. The highest BCUT2D eigenvalue weighted by molar-refractivity contribution is 7.89. The van der Waals surface area contributed by atoms with Gasteiger partial charge in [0.25, 0.3) is 5.91 Å². The molecule has 0 spiro atoms. The van der Waals surface area contributed by atoms with Crippen molar-refractivity contribution >= 4 is 27.3 Å². The van der Waals surface area contributed by atoms with Gasteiger partial charge in [0, 0.05) is 37.6 Å². The molecule has 0 radical (unpaired) electrons. The van der Waals surface area contributed by atoms with E-state index in [4.69, 9.17) is 9.47 Å². The first-order chi connectivity index (χ1) is 15.0. The number of hydrogen-bond acceptors (Lipinski definition) is 6. The normalized spacial score (nSPS) is 17.5. The zero-order chi connectivity index (χ0) is 21.8.